The molecule has 0 radical (unpaired) electrons. The van der Waals surface area contributed by atoms with Gasteiger partial charge in [-0.1, -0.05) is 19.8 Å². The van der Waals surface area contributed by atoms with Gasteiger partial charge in [0.25, 0.3) is 0 Å². The topological polar surface area (TPSA) is 28.2 Å². The SMILES string of the molecule is CCCNCc1sc(N(C)CC2CCCC2)nc1C1CC1. The van der Waals surface area contributed by atoms with Crippen molar-refractivity contribution in [2.75, 3.05) is 25.0 Å². The predicted octanol–water partition coefficient (Wildman–Crippen LogP) is 4.15. The zero-order valence-corrected chi connectivity index (χ0v) is 14.3. The third-order valence-corrected chi connectivity index (χ3v) is 5.91. The summed E-state index contributed by atoms with van der Waals surface area (Å²) in [7, 11) is 2.23. The van der Waals surface area contributed by atoms with E-state index >= 15 is 0 Å². The third kappa shape index (κ3) is 3.98. The van der Waals surface area contributed by atoms with Crippen LogP contribution in [0.25, 0.3) is 0 Å². The van der Waals surface area contributed by atoms with Crippen molar-refractivity contribution in [1.29, 1.82) is 0 Å². The summed E-state index contributed by atoms with van der Waals surface area (Å²) in [6.45, 7) is 5.53. The summed E-state index contributed by atoms with van der Waals surface area (Å²) in [5, 5.41) is 4.80. The van der Waals surface area contributed by atoms with Gasteiger partial charge in [-0.3, -0.25) is 0 Å². The first-order valence-corrected chi connectivity index (χ1v) is 9.51. The van der Waals surface area contributed by atoms with Crippen molar-refractivity contribution in [3.63, 3.8) is 0 Å². The third-order valence-electron chi connectivity index (χ3n) is 4.73. The molecule has 1 heterocycles. The number of hydrogen-bond donors (Lipinski definition) is 1. The molecule has 0 amide bonds. The summed E-state index contributed by atoms with van der Waals surface area (Å²) in [4.78, 5) is 8.90. The van der Waals surface area contributed by atoms with E-state index in [1.165, 1.54) is 67.2 Å². The fraction of sp³-hybridized carbons (Fsp3) is 0.824. The van der Waals surface area contributed by atoms with Crippen molar-refractivity contribution < 1.29 is 0 Å². The predicted molar refractivity (Wildman–Crippen MR) is 91.3 cm³/mol. The van der Waals surface area contributed by atoms with Gasteiger partial charge in [0, 0.05) is 30.9 Å². The number of hydrogen-bond acceptors (Lipinski definition) is 4. The van der Waals surface area contributed by atoms with Crippen LogP contribution in [-0.4, -0.2) is 25.1 Å². The molecule has 1 aromatic rings. The molecular weight excluding hydrogens is 278 g/mol. The maximum Gasteiger partial charge on any atom is 0.185 e. The molecule has 4 heteroatoms. The summed E-state index contributed by atoms with van der Waals surface area (Å²) in [6, 6.07) is 0. The maximum atomic E-state index is 5.00. The molecule has 2 fully saturated rings. The Morgan fingerprint density at radius 1 is 1.24 bits per heavy atom. The fourth-order valence-electron chi connectivity index (χ4n) is 3.35. The van der Waals surface area contributed by atoms with E-state index in [0.717, 1.165) is 24.9 Å². The molecule has 0 bridgehead atoms. The summed E-state index contributed by atoms with van der Waals surface area (Å²) in [5.74, 6) is 1.65. The first-order chi connectivity index (χ1) is 10.3. The Hall–Kier alpha value is -0.610. The van der Waals surface area contributed by atoms with Gasteiger partial charge in [-0.15, -0.1) is 11.3 Å². The Bertz CT molecular complexity index is 447. The summed E-state index contributed by atoms with van der Waals surface area (Å²) < 4.78 is 0. The molecule has 21 heavy (non-hydrogen) atoms. The van der Waals surface area contributed by atoms with Crippen molar-refractivity contribution >= 4 is 16.5 Å². The molecule has 2 saturated carbocycles. The van der Waals surface area contributed by atoms with Crippen LogP contribution in [0.3, 0.4) is 0 Å². The van der Waals surface area contributed by atoms with Crippen LogP contribution >= 0.6 is 11.3 Å². The Morgan fingerprint density at radius 3 is 2.67 bits per heavy atom. The lowest BCUT2D eigenvalue weighted by Gasteiger charge is -2.19. The molecule has 0 unspecified atom stereocenters. The van der Waals surface area contributed by atoms with Crippen molar-refractivity contribution in [2.24, 2.45) is 5.92 Å². The van der Waals surface area contributed by atoms with Gasteiger partial charge >= 0.3 is 0 Å². The van der Waals surface area contributed by atoms with E-state index in [0.29, 0.717) is 0 Å². The molecule has 3 nitrogen and oxygen atoms in total. The van der Waals surface area contributed by atoms with Crippen LogP contribution in [0.15, 0.2) is 0 Å². The Morgan fingerprint density at radius 2 is 2.00 bits per heavy atom. The van der Waals surface area contributed by atoms with E-state index in [4.69, 9.17) is 4.98 Å². The van der Waals surface area contributed by atoms with Crippen molar-refractivity contribution in [1.82, 2.24) is 10.3 Å². The maximum absolute atomic E-state index is 5.00. The van der Waals surface area contributed by atoms with Crippen molar-refractivity contribution in [3.05, 3.63) is 10.6 Å². The standard InChI is InChI=1S/C17H29N3S/c1-3-10-18-11-15-16(14-8-9-14)19-17(21-15)20(2)12-13-6-4-5-7-13/h13-14,18H,3-12H2,1-2H3. The molecule has 1 N–H and O–H groups in total. The molecular formula is C17H29N3S. The highest BCUT2D eigenvalue weighted by Crippen LogP contribution is 2.44. The second kappa shape index (κ2) is 7.10. The van der Waals surface area contributed by atoms with Gasteiger partial charge in [0.05, 0.1) is 5.69 Å². The second-order valence-electron chi connectivity index (χ2n) is 6.79. The zero-order valence-electron chi connectivity index (χ0n) is 13.5. The highest BCUT2D eigenvalue weighted by atomic mass is 32.1. The molecule has 0 saturated heterocycles. The van der Waals surface area contributed by atoms with Crippen molar-refractivity contribution in [2.45, 2.75) is 64.3 Å². The monoisotopic (exact) mass is 307 g/mol. The molecule has 1 aromatic heterocycles. The van der Waals surface area contributed by atoms with Gasteiger partial charge in [0.2, 0.25) is 0 Å². The number of nitrogens with zero attached hydrogens (tertiary/aromatic N) is 2. The number of aromatic nitrogens is 1. The van der Waals surface area contributed by atoms with E-state index in [1.807, 2.05) is 11.3 Å². The lowest BCUT2D eigenvalue weighted by atomic mass is 10.1. The van der Waals surface area contributed by atoms with Crippen LogP contribution in [0.5, 0.6) is 0 Å². The fourth-order valence-corrected chi connectivity index (χ4v) is 4.44. The Kier molecular flexibility index (Phi) is 5.17. The average Bonchev–Trinajstić information content (AvgIpc) is 3.02. The van der Waals surface area contributed by atoms with Crippen LogP contribution < -0.4 is 10.2 Å². The first-order valence-electron chi connectivity index (χ1n) is 8.69. The number of rotatable bonds is 8. The van der Waals surface area contributed by atoms with E-state index in [-0.39, 0.29) is 0 Å². The molecule has 0 aliphatic heterocycles. The minimum Gasteiger partial charge on any atom is -0.351 e. The average molecular weight is 308 g/mol. The van der Waals surface area contributed by atoms with Crippen LogP contribution in [0.2, 0.25) is 0 Å². The molecule has 0 atom stereocenters. The smallest absolute Gasteiger partial charge is 0.185 e. The van der Waals surface area contributed by atoms with E-state index in [1.54, 1.807) is 0 Å². The van der Waals surface area contributed by atoms with Crippen LogP contribution in [0, 0.1) is 5.92 Å². The van der Waals surface area contributed by atoms with Crippen molar-refractivity contribution in [3.8, 4) is 0 Å². The lowest BCUT2D eigenvalue weighted by molar-refractivity contribution is 0.546. The largest absolute Gasteiger partial charge is 0.351 e. The van der Waals surface area contributed by atoms with E-state index in [2.05, 4.69) is 24.2 Å². The number of nitrogens with one attached hydrogen (secondary N) is 1. The summed E-state index contributed by atoms with van der Waals surface area (Å²) >= 11 is 1.92. The highest BCUT2D eigenvalue weighted by Gasteiger charge is 2.30. The Labute approximate surface area is 133 Å². The van der Waals surface area contributed by atoms with E-state index in [9.17, 15) is 0 Å². The molecule has 0 spiro atoms. The molecule has 118 valence electrons. The lowest BCUT2D eigenvalue weighted by Crippen LogP contribution is -2.23. The van der Waals surface area contributed by atoms with Crippen LogP contribution in [-0.2, 0) is 6.54 Å². The van der Waals surface area contributed by atoms with Gasteiger partial charge in [-0.25, -0.2) is 4.98 Å². The molecule has 2 aliphatic rings. The summed E-state index contributed by atoms with van der Waals surface area (Å²) in [6.07, 6.45) is 9.57. The second-order valence-corrected chi connectivity index (χ2v) is 7.85. The number of anilines is 1. The minimum atomic E-state index is 0.758. The quantitative estimate of drug-likeness (QED) is 0.731. The minimum absolute atomic E-state index is 0.758. The number of thiazole rings is 1. The Balaban J connectivity index is 1.64. The van der Waals surface area contributed by atoms with Gasteiger partial charge in [-0.2, -0.15) is 0 Å². The molecule has 2 aliphatic carbocycles. The highest BCUT2D eigenvalue weighted by molar-refractivity contribution is 7.15. The van der Waals surface area contributed by atoms with Gasteiger partial charge in [0.1, 0.15) is 0 Å². The summed E-state index contributed by atoms with van der Waals surface area (Å²) in [5.41, 5.74) is 1.40. The molecule has 3 rings (SSSR count). The van der Waals surface area contributed by atoms with Gasteiger partial charge in [0.15, 0.2) is 5.13 Å². The zero-order chi connectivity index (χ0) is 14.7. The van der Waals surface area contributed by atoms with Gasteiger partial charge < -0.3 is 10.2 Å². The molecule has 0 aromatic carbocycles. The van der Waals surface area contributed by atoms with E-state index < -0.39 is 0 Å². The van der Waals surface area contributed by atoms with Gasteiger partial charge in [-0.05, 0) is 44.6 Å². The van der Waals surface area contributed by atoms with Crippen LogP contribution in [0.1, 0.15) is 68.4 Å². The first kappa shape index (κ1) is 15.3. The van der Waals surface area contributed by atoms with Crippen LogP contribution in [0.4, 0.5) is 5.13 Å². The normalized spacial score (nSPS) is 19.3.